The van der Waals surface area contributed by atoms with E-state index in [1.807, 2.05) is 18.2 Å². The number of amides is 1. The highest BCUT2D eigenvalue weighted by atomic mass is 32.2. The minimum atomic E-state index is -0.123. The van der Waals surface area contributed by atoms with Crippen molar-refractivity contribution in [3.05, 3.63) is 23.8 Å². The summed E-state index contributed by atoms with van der Waals surface area (Å²) in [7, 11) is 0. The lowest BCUT2D eigenvalue weighted by Crippen LogP contribution is -1.99. The van der Waals surface area contributed by atoms with Gasteiger partial charge in [0, 0.05) is 11.3 Å². The summed E-state index contributed by atoms with van der Waals surface area (Å²) in [5.74, 6) is 2.11. The molecule has 0 atom stereocenters. The van der Waals surface area contributed by atoms with Crippen LogP contribution in [0.1, 0.15) is 5.56 Å². The van der Waals surface area contributed by atoms with Crippen LogP contribution in [0.25, 0.3) is 0 Å². The molecule has 2 aliphatic rings. The van der Waals surface area contributed by atoms with E-state index in [2.05, 4.69) is 4.99 Å². The zero-order chi connectivity index (χ0) is 10.3. The molecule has 0 aliphatic carbocycles. The highest BCUT2D eigenvalue weighted by molar-refractivity contribution is 8.14. The standard InChI is InChI=1S/C10H7NO3S/c12-10-11-7(4-15-10)6-1-2-8-9(3-6)14-5-13-8/h1-3H,4-5H2. The maximum Gasteiger partial charge on any atom is 0.305 e. The molecule has 1 aromatic carbocycles. The lowest BCUT2D eigenvalue weighted by atomic mass is 10.1. The zero-order valence-electron chi connectivity index (χ0n) is 7.73. The molecular formula is C10H7NO3S. The number of carbonyl (C=O) groups is 1. The average Bonchev–Trinajstić information content (AvgIpc) is 2.84. The molecule has 2 aliphatic heterocycles. The highest BCUT2D eigenvalue weighted by Gasteiger charge is 2.19. The van der Waals surface area contributed by atoms with Crippen LogP contribution in [0.15, 0.2) is 23.2 Å². The van der Waals surface area contributed by atoms with E-state index >= 15 is 0 Å². The van der Waals surface area contributed by atoms with Crippen LogP contribution in [-0.2, 0) is 0 Å². The first-order valence-corrected chi connectivity index (χ1v) is 5.46. The Balaban J connectivity index is 2.00. The van der Waals surface area contributed by atoms with E-state index in [4.69, 9.17) is 9.47 Å². The van der Waals surface area contributed by atoms with Crippen molar-refractivity contribution in [2.75, 3.05) is 12.5 Å². The van der Waals surface area contributed by atoms with E-state index in [9.17, 15) is 4.79 Å². The smallest absolute Gasteiger partial charge is 0.305 e. The number of fused-ring (bicyclic) bond motifs is 1. The van der Waals surface area contributed by atoms with Gasteiger partial charge in [-0.15, -0.1) is 0 Å². The molecule has 0 spiro atoms. The molecular weight excluding hydrogens is 214 g/mol. The maximum absolute atomic E-state index is 11.0. The van der Waals surface area contributed by atoms with E-state index in [1.54, 1.807) is 0 Å². The van der Waals surface area contributed by atoms with Crippen LogP contribution < -0.4 is 9.47 Å². The fourth-order valence-electron chi connectivity index (χ4n) is 1.53. The lowest BCUT2D eigenvalue weighted by Gasteiger charge is -2.00. The second-order valence-corrected chi connectivity index (χ2v) is 4.11. The Morgan fingerprint density at radius 1 is 1.27 bits per heavy atom. The Morgan fingerprint density at radius 2 is 2.13 bits per heavy atom. The van der Waals surface area contributed by atoms with Gasteiger partial charge in [-0.1, -0.05) is 11.8 Å². The SMILES string of the molecule is O=C1N=C(c2ccc3c(c2)OCO3)CS1. The molecule has 0 N–H and O–H groups in total. The van der Waals surface area contributed by atoms with Crippen molar-refractivity contribution < 1.29 is 14.3 Å². The number of hydrogen-bond acceptors (Lipinski definition) is 4. The molecule has 0 radical (unpaired) electrons. The molecule has 1 amide bonds. The maximum atomic E-state index is 11.0. The Kier molecular flexibility index (Phi) is 1.92. The van der Waals surface area contributed by atoms with Crippen molar-refractivity contribution >= 4 is 22.7 Å². The van der Waals surface area contributed by atoms with Gasteiger partial charge >= 0.3 is 5.24 Å². The van der Waals surface area contributed by atoms with Gasteiger partial charge < -0.3 is 9.47 Å². The monoisotopic (exact) mass is 221 g/mol. The third-order valence-corrected chi connectivity index (χ3v) is 3.02. The predicted molar refractivity (Wildman–Crippen MR) is 57.0 cm³/mol. The van der Waals surface area contributed by atoms with E-state index in [0.717, 1.165) is 22.8 Å². The quantitative estimate of drug-likeness (QED) is 0.728. The summed E-state index contributed by atoms with van der Waals surface area (Å²) in [4.78, 5) is 14.9. The third-order valence-electron chi connectivity index (χ3n) is 2.26. The highest BCUT2D eigenvalue weighted by Crippen LogP contribution is 2.33. The Morgan fingerprint density at radius 3 is 2.93 bits per heavy atom. The van der Waals surface area contributed by atoms with Crippen LogP contribution in [0.4, 0.5) is 4.79 Å². The molecule has 0 bridgehead atoms. The van der Waals surface area contributed by atoms with Crippen molar-refractivity contribution in [2.45, 2.75) is 0 Å². The third kappa shape index (κ3) is 1.48. The second-order valence-electron chi connectivity index (χ2n) is 3.18. The van der Waals surface area contributed by atoms with Gasteiger partial charge in [0.15, 0.2) is 11.5 Å². The fraction of sp³-hybridized carbons (Fsp3) is 0.200. The molecule has 0 unspecified atom stereocenters. The van der Waals surface area contributed by atoms with Crippen LogP contribution in [-0.4, -0.2) is 23.5 Å². The number of ether oxygens (including phenoxy) is 2. The number of carbonyl (C=O) groups excluding carboxylic acids is 1. The summed E-state index contributed by atoms with van der Waals surface area (Å²) in [5.41, 5.74) is 1.74. The number of aliphatic imine (C=N–C) groups is 1. The summed E-state index contributed by atoms with van der Waals surface area (Å²) in [5, 5.41) is -0.123. The van der Waals surface area contributed by atoms with E-state index in [0.29, 0.717) is 5.75 Å². The van der Waals surface area contributed by atoms with Crippen molar-refractivity contribution in [1.82, 2.24) is 0 Å². The van der Waals surface area contributed by atoms with Gasteiger partial charge in [-0.25, -0.2) is 4.99 Å². The Hall–Kier alpha value is -1.49. The van der Waals surface area contributed by atoms with Gasteiger partial charge in [0.2, 0.25) is 6.79 Å². The van der Waals surface area contributed by atoms with Crippen LogP contribution >= 0.6 is 11.8 Å². The summed E-state index contributed by atoms with van der Waals surface area (Å²) in [6, 6.07) is 5.60. The molecule has 3 rings (SSSR count). The van der Waals surface area contributed by atoms with Gasteiger partial charge in [0.25, 0.3) is 0 Å². The predicted octanol–water partition coefficient (Wildman–Crippen LogP) is 2.07. The molecule has 2 heterocycles. The van der Waals surface area contributed by atoms with Crippen molar-refractivity contribution in [3.8, 4) is 11.5 Å². The van der Waals surface area contributed by atoms with Crippen LogP contribution in [0.3, 0.4) is 0 Å². The van der Waals surface area contributed by atoms with Gasteiger partial charge in [-0.05, 0) is 18.2 Å². The van der Waals surface area contributed by atoms with E-state index in [1.165, 1.54) is 11.8 Å². The molecule has 0 fully saturated rings. The van der Waals surface area contributed by atoms with E-state index < -0.39 is 0 Å². The van der Waals surface area contributed by atoms with E-state index in [-0.39, 0.29) is 12.0 Å². The van der Waals surface area contributed by atoms with Gasteiger partial charge in [-0.3, -0.25) is 4.79 Å². The van der Waals surface area contributed by atoms with Gasteiger partial charge in [0.05, 0.1) is 5.71 Å². The van der Waals surface area contributed by atoms with Gasteiger partial charge in [0.1, 0.15) is 0 Å². The number of rotatable bonds is 1. The summed E-state index contributed by atoms with van der Waals surface area (Å²) >= 11 is 1.22. The summed E-state index contributed by atoms with van der Waals surface area (Å²) < 4.78 is 10.5. The minimum Gasteiger partial charge on any atom is -0.454 e. The molecule has 4 nitrogen and oxygen atoms in total. The number of thioether (sulfide) groups is 1. The van der Waals surface area contributed by atoms with Crippen LogP contribution in [0.5, 0.6) is 11.5 Å². The van der Waals surface area contributed by atoms with Crippen molar-refractivity contribution in [1.29, 1.82) is 0 Å². The fourth-order valence-corrected chi connectivity index (χ4v) is 2.19. The molecule has 5 heteroatoms. The molecule has 1 aromatic rings. The van der Waals surface area contributed by atoms with Crippen molar-refractivity contribution in [2.24, 2.45) is 4.99 Å². The number of nitrogens with zero attached hydrogens (tertiary/aromatic N) is 1. The topological polar surface area (TPSA) is 47.9 Å². The molecule has 15 heavy (non-hydrogen) atoms. The average molecular weight is 221 g/mol. The van der Waals surface area contributed by atoms with Crippen molar-refractivity contribution in [3.63, 3.8) is 0 Å². The van der Waals surface area contributed by atoms with Gasteiger partial charge in [-0.2, -0.15) is 0 Å². The lowest BCUT2D eigenvalue weighted by molar-refractivity contribution is 0.174. The first-order valence-electron chi connectivity index (χ1n) is 4.47. The summed E-state index contributed by atoms with van der Waals surface area (Å²) in [6.07, 6.45) is 0. The molecule has 0 saturated carbocycles. The molecule has 76 valence electrons. The largest absolute Gasteiger partial charge is 0.454 e. The molecule has 0 saturated heterocycles. The Bertz CT molecular complexity index is 470. The first kappa shape index (κ1) is 8.79. The zero-order valence-corrected chi connectivity index (χ0v) is 8.54. The minimum absolute atomic E-state index is 0.123. The number of benzene rings is 1. The number of hydrogen-bond donors (Lipinski definition) is 0. The summed E-state index contributed by atoms with van der Waals surface area (Å²) in [6.45, 7) is 0.263. The second kappa shape index (κ2) is 3.27. The molecule has 0 aromatic heterocycles. The Labute approximate surface area is 90.3 Å². The van der Waals surface area contributed by atoms with Crippen LogP contribution in [0, 0.1) is 0 Å². The first-order chi connectivity index (χ1) is 7.33. The normalized spacial score (nSPS) is 18.1. The van der Waals surface area contributed by atoms with Crippen LogP contribution in [0.2, 0.25) is 0 Å².